The molecule has 1 aliphatic carbocycles. The Kier molecular flexibility index (Phi) is 3.06. The van der Waals surface area contributed by atoms with E-state index < -0.39 is 5.97 Å². The van der Waals surface area contributed by atoms with Gasteiger partial charge in [0.05, 0.1) is 11.6 Å². The van der Waals surface area contributed by atoms with Crippen molar-refractivity contribution in [1.29, 1.82) is 0 Å². The number of hydrogen-bond donors (Lipinski definition) is 1. The molecule has 19 heavy (non-hydrogen) atoms. The molecular formula is C14H12FNO2S. The number of hydrogen-bond acceptors (Lipinski definition) is 3. The summed E-state index contributed by atoms with van der Waals surface area (Å²) < 4.78 is 12.9. The van der Waals surface area contributed by atoms with E-state index in [4.69, 9.17) is 5.11 Å². The second-order valence-electron chi connectivity index (χ2n) is 4.67. The highest BCUT2D eigenvalue weighted by atomic mass is 32.1. The average molecular weight is 277 g/mol. The number of carbonyl (C=O) groups is 1. The molecule has 0 aliphatic heterocycles. The summed E-state index contributed by atoms with van der Waals surface area (Å²) in [6, 6.07) is 6.23. The second kappa shape index (κ2) is 4.74. The number of nitrogens with zero attached hydrogens (tertiary/aromatic N) is 1. The Morgan fingerprint density at radius 3 is 2.79 bits per heavy atom. The zero-order chi connectivity index (χ0) is 13.4. The highest BCUT2D eigenvalue weighted by molar-refractivity contribution is 7.15. The van der Waals surface area contributed by atoms with Crippen LogP contribution in [0.2, 0.25) is 0 Å². The summed E-state index contributed by atoms with van der Waals surface area (Å²) in [5.41, 5.74) is 1.88. The van der Waals surface area contributed by atoms with Gasteiger partial charge in [-0.05, 0) is 43.5 Å². The highest BCUT2D eigenvalue weighted by Gasteiger charge is 2.27. The molecule has 0 saturated heterocycles. The first-order valence-electron chi connectivity index (χ1n) is 6.11. The van der Waals surface area contributed by atoms with Gasteiger partial charge >= 0.3 is 5.97 Å². The monoisotopic (exact) mass is 277 g/mol. The minimum Gasteiger partial charge on any atom is -0.481 e. The molecule has 2 aromatic rings. The molecule has 5 heteroatoms. The highest BCUT2D eigenvalue weighted by Crippen LogP contribution is 2.34. The number of carboxylic acids is 1. The van der Waals surface area contributed by atoms with Crippen LogP contribution in [0, 0.1) is 11.7 Å². The first kappa shape index (κ1) is 12.3. The fourth-order valence-electron chi connectivity index (χ4n) is 2.30. The number of halogens is 1. The second-order valence-corrected chi connectivity index (χ2v) is 5.76. The van der Waals surface area contributed by atoms with Crippen LogP contribution in [0.5, 0.6) is 0 Å². The Balaban J connectivity index is 1.91. The lowest BCUT2D eigenvalue weighted by atomic mass is 9.91. The number of carboxylic acid groups (broad SMARTS) is 1. The maximum atomic E-state index is 12.9. The van der Waals surface area contributed by atoms with E-state index in [1.165, 1.54) is 23.5 Å². The molecule has 1 atom stereocenters. The van der Waals surface area contributed by atoms with E-state index in [0.717, 1.165) is 21.1 Å². The lowest BCUT2D eigenvalue weighted by Crippen LogP contribution is -2.21. The van der Waals surface area contributed by atoms with Gasteiger partial charge in [-0.15, -0.1) is 11.3 Å². The summed E-state index contributed by atoms with van der Waals surface area (Å²) in [6.45, 7) is 0. The minimum absolute atomic E-state index is 0.268. The zero-order valence-electron chi connectivity index (χ0n) is 10.1. The smallest absolute Gasteiger partial charge is 0.306 e. The first-order valence-corrected chi connectivity index (χ1v) is 6.92. The Morgan fingerprint density at radius 2 is 2.11 bits per heavy atom. The molecule has 98 valence electrons. The Morgan fingerprint density at radius 1 is 1.37 bits per heavy atom. The quantitative estimate of drug-likeness (QED) is 0.917. The van der Waals surface area contributed by atoms with Gasteiger partial charge < -0.3 is 5.11 Å². The van der Waals surface area contributed by atoms with Crippen molar-refractivity contribution in [1.82, 2.24) is 4.98 Å². The standard InChI is InChI=1S/C14H12FNO2S/c15-10-4-1-8(2-5-10)13-16-11-6-3-9(14(17)18)7-12(11)19-13/h1-2,4-5,9H,3,6-7H2,(H,17,18). The minimum atomic E-state index is -0.734. The van der Waals surface area contributed by atoms with Crippen LogP contribution in [0.1, 0.15) is 17.0 Å². The van der Waals surface area contributed by atoms with E-state index in [1.54, 1.807) is 12.1 Å². The predicted octanol–water partition coefficient (Wildman–Crippen LogP) is 3.14. The van der Waals surface area contributed by atoms with Gasteiger partial charge in [0.15, 0.2) is 0 Å². The molecule has 1 aliphatic rings. The molecule has 1 heterocycles. The number of aliphatic carboxylic acids is 1. The van der Waals surface area contributed by atoms with Crippen LogP contribution in [0.3, 0.4) is 0 Å². The number of benzene rings is 1. The molecule has 3 rings (SSSR count). The Bertz CT molecular complexity index is 621. The molecule has 0 spiro atoms. The van der Waals surface area contributed by atoms with Crippen molar-refractivity contribution in [2.24, 2.45) is 5.92 Å². The largest absolute Gasteiger partial charge is 0.481 e. The van der Waals surface area contributed by atoms with E-state index >= 15 is 0 Å². The molecule has 1 N–H and O–H groups in total. The molecule has 1 aromatic carbocycles. The third kappa shape index (κ3) is 2.38. The van der Waals surface area contributed by atoms with E-state index in [2.05, 4.69) is 4.98 Å². The number of aryl methyl sites for hydroxylation is 1. The number of rotatable bonds is 2. The lowest BCUT2D eigenvalue weighted by Gasteiger charge is -2.16. The van der Waals surface area contributed by atoms with E-state index in [9.17, 15) is 9.18 Å². The van der Waals surface area contributed by atoms with Crippen LogP contribution in [0.15, 0.2) is 24.3 Å². The zero-order valence-corrected chi connectivity index (χ0v) is 10.9. The lowest BCUT2D eigenvalue weighted by molar-refractivity contribution is -0.142. The maximum absolute atomic E-state index is 12.9. The van der Waals surface area contributed by atoms with Gasteiger partial charge in [-0.2, -0.15) is 0 Å². The van der Waals surface area contributed by atoms with Crippen molar-refractivity contribution >= 4 is 17.3 Å². The first-order chi connectivity index (χ1) is 9.13. The van der Waals surface area contributed by atoms with Gasteiger partial charge in [0, 0.05) is 10.4 Å². The molecule has 0 radical (unpaired) electrons. The maximum Gasteiger partial charge on any atom is 0.306 e. The normalized spacial score (nSPS) is 18.1. The Hall–Kier alpha value is -1.75. The fourth-order valence-corrected chi connectivity index (χ4v) is 3.49. The summed E-state index contributed by atoms with van der Waals surface area (Å²) >= 11 is 1.52. The van der Waals surface area contributed by atoms with Crippen molar-refractivity contribution in [2.45, 2.75) is 19.3 Å². The van der Waals surface area contributed by atoms with Gasteiger partial charge in [-0.1, -0.05) is 0 Å². The topological polar surface area (TPSA) is 50.2 Å². The van der Waals surface area contributed by atoms with E-state index in [0.29, 0.717) is 19.3 Å². The van der Waals surface area contributed by atoms with Gasteiger partial charge in [0.2, 0.25) is 0 Å². The molecule has 0 saturated carbocycles. The molecule has 1 aromatic heterocycles. The van der Waals surface area contributed by atoms with Crippen LogP contribution in [0.4, 0.5) is 4.39 Å². The summed E-state index contributed by atoms with van der Waals surface area (Å²) in [5.74, 6) is -1.30. The van der Waals surface area contributed by atoms with Crippen molar-refractivity contribution < 1.29 is 14.3 Å². The molecule has 3 nitrogen and oxygen atoms in total. The summed E-state index contributed by atoms with van der Waals surface area (Å²) in [4.78, 5) is 16.6. The van der Waals surface area contributed by atoms with Gasteiger partial charge in [-0.3, -0.25) is 4.79 Å². The van der Waals surface area contributed by atoms with Crippen LogP contribution >= 0.6 is 11.3 Å². The van der Waals surface area contributed by atoms with Crippen LogP contribution in [-0.2, 0) is 17.6 Å². The average Bonchev–Trinajstić information content (AvgIpc) is 2.82. The predicted molar refractivity (Wildman–Crippen MR) is 70.7 cm³/mol. The fraction of sp³-hybridized carbons (Fsp3) is 0.286. The third-order valence-corrected chi connectivity index (χ3v) is 4.55. The number of aromatic nitrogens is 1. The third-order valence-electron chi connectivity index (χ3n) is 3.38. The van der Waals surface area contributed by atoms with Gasteiger partial charge in [0.1, 0.15) is 10.8 Å². The van der Waals surface area contributed by atoms with Gasteiger partial charge in [-0.25, -0.2) is 9.37 Å². The van der Waals surface area contributed by atoms with Crippen LogP contribution < -0.4 is 0 Å². The van der Waals surface area contributed by atoms with Crippen molar-refractivity contribution in [3.8, 4) is 10.6 Å². The summed E-state index contributed by atoms with van der Waals surface area (Å²) in [6.07, 6.45) is 1.92. The molecule has 0 fully saturated rings. The van der Waals surface area contributed by atoms with Crippen molar-refractivity contribution in [3.05, 3.63) is 40.7 Å². The van der Waals surface area contributed by atoms with E-state index in [-0.39, 0.29) is 11.7 Å². The molecular weight excluding hydrogens is 265 g/mol. The molecule has 0 amide bonds. The number of thiazole rings is 1. The van der Waals surface area contributed by atoms with Crippen LogP contribution in [0.25, 0.3) is 10.6 Å². The summed E-state index contributed by atoms with van der Waals surface area (Å²) in [5, 5.41) is 9.90. The van der Waals surface area contributed by atoms with Crippen molar-refractivity contribution in [2.75, 3.05) is 0 Å². The van der Waals surface area contributed by atoms with Crippen LogP contribution in [-0.4, -0.2) is 16.1 Å². The Labute approximate surface area is 113 Å². The van der Waals surface area contributed by atoms with E-state index in [1.807, 2.05) is 0 Å². The molecule has 0 bridgehead atoms. The number of fused-ring (bicyclic) bond motifs is 1. The summed E-state index contributed by atoms with van der Waals surface area (Å²) in [7, 11) is 0. The molecule has 1 unspecified atom stereocenters. The SMILES string of the molecule is O=C(O)C1CCc2nc(-c3ccc(F)cc3)sc2C1. The van der Waals surface area contributed by atoms with Gasteiger partial charge in [0.25, 0.3) is 0 Å². The van der Waals surface area contributed by atoms with Crippen molar-refractivity contribution in [3.63, 3.8) is 0 Å².